The van der Waals surface area contributed by atoms with Crippen molar-refractivity contribution in [1.82, 2.24) is 19.5 Å². The van der Waals surface area contributed by atoms with Gasteiger partial charge in [-0.3, -0.25) is 9.36 Å². The number of carbonyl (C=O) groups is 1. The zero-order chi connectivity index (χ0) is 16.7. The number of aromatic amines is 1. The Bertz CT molecular complexity index is 1100. The van der Waals surface area contributed by atoms with Crippen LogP contribution in [0.2, 0.25) is 0 Å². The Morgan fingerprint density at radius 2 is 2.04 bits per heavy atom. The number of imidazole rings is 1. The van der Waals surface area contributed by atoms with E-state index in [1.165, 1.54) is 0 Å². The molecule has 4 rings (SSSR count). The summed E-state index contributed by atoms with van der Waals surface area (Å²) in [7, 11) is 0. The van der Waals surface area contributed by atoms with Crippen LogP contribution in [0, 0.1) is 0 Å². The third-order valence-electron chi connectivity index (χ3n) is 3.71. The summed E-state index contributed by atoms with van der Waals surface area (Å²) in [5, 5.41) is 0.667. The van der Waals surface area contributed by atoms with E-state index in [0.29, 0.717) is 16.6 Å². The van der Waals surface area contributed by atoms with Crippen molar-refractivity contribution >= 4 is 33.9 Å². The largest absolute Gasteiger partial charge is 0.370 e. The summed E-state index contributed by atoms with van der Waals surface area (Å²) in [5.41, 5.74) is 14.1. The number of hydrogen-bond acceptors (Lipinski definition) is 3. The standard InChI is InChI=1S/C16H13N7O/c17-16(18)22-15(24)10-7-23(14-9(10)3-2-6-19-14)12-5-1-4-11-13(12)21-8-20-11/h1-8H,(H,20,21)(H4,17,18,22,24). The van der Waals surface area contributed by atoms with Gasteiger partial charge in [0, 0.05) is 17.8 Å². The molecule has 24 heavy (non-hydrogen) atoms. The molecule has 0 aliphatic rings. The molecule has 118 valence electrons. The molecule has 0 fully saturated rings. The molecule has 0 spiro atoms. The number of benzene rings is 1. The van der Waals surface area contributed by atoms with Crippen LogP contribution in [-0.4, -0.2) is 31.4 Å². The Balaban J connectivity index is 2.02. The summed E-state index contributed by atoms with van der Waals surface area (Å²) in [6.07, 6.45) is 4.97. The molecule has 1 amide bonds. The van der Waals surface area contributed by atoms with E-state index in [1.54, 1.807) is 30.9 Å². The normalized spacial score (nSPS) is 11.0. The summed E-state index contributed by atoms with van der Waals surface area (Å²) < 4.78 is 1.81. The molecule has 0 unspecified atom stereocenters. The minimum atomic E-state index is -0.513. The predicted molar refractivity (Wildman–Crippen MR) is 90.9 cm³/mol. The topological polar surface area (TPSA) is 128 Å². The molecule has 8 nitrogen and oxygen atoms in total. The minimum Gasteiger partial charge on any atom is -0.370 e. The number of hydrogen-bond donors (Lipinski definition) is 3. The number of aromatic nitrogens is 4. The zero-order valence-corrected chi connectivity index (χ0v) is 12.5. The molecule has 4 aromatic rings. The number of pyridine rings is 1. The molecule has 3 aromatic heterocycles. The van der Waals surface area contributed by atoms with E-state index in [-0.39, 0.29) is 5.96 Å². The second-order valence-corrected chi connectivity index (χ2v) is 5.21. The predicted octanol–water partition coefficient (Wildman–Crippen LogP) is 1.32. The van der Waals surface area contributed by atoms with Crippen LogP contribution in [0.15, 0.2) is 54.0 Å². The Labute approximate surface area is 135 Å². The van der Waals surface area contributed by atoms with Gasteiger partial charge in [-0.15, -0.1) is 0 Å². The first-order valence-electron chi connectivity index (χ1n) is 7.17. The summed E-state index contributed by atoms with van der Waals surface area (Å²) in [6.45, 7) is 0. The van der Waals surface area contributed by atoms with Crippen LogP contribution in [0.25, 0.3) is 27.8 Å². The number of fused-ring (bicyclic) bond motifs is 2. The maximum atomic E-state index is 12.3. The highest BCUT2D eigenvalue weighted by Crippen LogP contribution is 2.27. The van der Waals surface area contributed by atoms with Gasteiger partial charge in [0.05, 0.1) is 23.1 Å². The van der Waals surface area contributed by atoms with Gasteiger partial charge in [0.25, 0.3) is 5.91 Å². The fourth-order valence-corrected chi connectivity index (χ4v) is 2.73. The van der Waals surface area contributed by atoms with Crippen molar-refractivity contribution in [2.75, 3.05) is 0 Å². The molecule has 8 heteroatoms. The number of nitrogens with zero attached hydrogens (tertiary/aromatic N) is 4. The van der Waals surface area contributed by atoms with E-state index in [9.17, 15) is 4.79 Å². The van der Waals surface area contributed by atoms with Gasteiger partial charge in [0.15, 0.2) is 5.96 Å². The number of rotatable bonds is 2. The van der Waals surface area contributed by atoms with Crippen molar-refractivity contribution < 1.29 is 4.79 Å². The number of nitrogens with one attached hydrogen (secondary N) is 1. The van der Waals surface area contributed by atoms with Crippen molar-refractivity contribution in [2.24, 2.45) is 16.5 Å². The lowest BCUT2D eigenvalue weighted by Gasteiger charge is -2.05. The van der Waals surface area contributed by atoms with E-state index < -0.39 is 5.91 Å². The Kier molecular flexibility index (Phi) is 3.02. The van der Waals surface area contributed by atoms with Crippen LogP contribution in [0.5, 0.6) is 0 Å². The lowest BCUT2D eigenvalue weighted by atomic mass is 10.2. The maximum Gasteiger partial charge on any atom is 0.282 e. The average Bonchev–Trinajstić information content (AvgIpc) is 3.18. The van der Waals surface area contributed by atoms with Crippen LogP contribution in [0.1, 0.15) is 10.4 Å². The first-order chi connectivity index (χ1) is 11.6. The Morgan fingerprint density at radius 3 is 2.88 bits per heavy atom. The molecule has 1 aromatic carbocycles. The van der Waals surface area contributed by atoms with Crippen LogP contribution in [-0.2, 0) is 0 Å². The van der Waals surface area contributed by atoms with Crippen LogP contribution in [0.3, 0.4) is 0 Å². The van der Waals surface area contributed by atoms with Gasteiger partial charge >= 0.3 is 0 Å². The SMILES string of the molecule is NC(N)=NC(=O)c1cn(-c2cccc3[nH]cnc23)c2ncccc12. The highest BCUT2D eigenvalue weighted by atomic mass is 16.1. The van der Waals surface area contributed by atoms with Gasteiger partial charge < -0.3 is 16.5 Å². The number of guanidine groups is 1. The van der Waals surface area contributed by atoms with Gasteiger partial charge in [-0.2, -0.15) is 4.99 Å². The van der Waals surface area contributed by atoms with Crippen molar-refractivity contribution in [3.63, 3.8) is 0 Å². The molecular formula is C16H13N7O. The molecule has 0 saturated carbocycles. The van der Waals surface area contributed by atoms with Crippen molar-refractivity contribution in [2.45, 2.75) is 0 Å². The van der Waals surface area contributed by atoms with Gasteiger partial charge in [0.2, 0.25) is 0 Å². The second kappa shape index (κ2) is 5.20. The maximum absolute atomic E-state index is 12.3. The molecule has 0 saturated heterocycles. The average molecular weight is 319 g/mol. The van der Waals surface area contributed by atoms with E-state index in [4.69, 9.17) is 11.5 Å². The van der Waals surface area contributed by atoms with Gasteiger partial charge in [0.1, 0.15) is 11.2 Å². The fraction of sp³-hybridized carbons (Fsp3) is 0. The first-order valence-corrected chi connectivity index (χ1v) is 7.17. The van der Waals surface area contributed by atoms with Gasteiger partial charge in [-0.1, -0.05) is 6.07 Å². The quantitative estimate of drug-likeness (QED) is 0.379. The van der Waals surface area contributed by atoms with E-state index >= 15 is 0 Å². The Morgan fingerprint density at radius 1 is 1.17 bits per heavy atom. The Hall–Kier alpha value is -3.68. The van der Waals surface area contributed by atoms with Crippen molar-refractivity contribution in [3.8, 4) is 5.69 Å². The number of para-hydroxylation sites is 1. The van der Waals surface area contributed by atoms with Crippen molar-refractivity contribution in [3.05, 3.63) is 54.6 Å². The van der Waals surface area contributed by atoms with E-state index in [2.05, 4.69) is 19.9 Å². The number of carbonyl (C=O) groups excluding carboxylic acids is 1. The minimum absolute atomic E-state index is 0.279. The third kappa shape index (κ3) is 2.09. The van der Waals surface area contributed by atoms with Gasteiger partial charge in [-0.05, 0) is 24.3 Å². The molecular weight excluding hydrogens is 306 g/mol. The molecule has 0 atom stereocenters. The second-order valence-electron chi connectivity index (χ2n) is 5.21. The fourth-order valence-electron chi connectivity index (χ4n) is 2.73. The lowest BCUT2D eigenvalue weighted by Crippen LogP contribution is -2.24. The summed E-state index contributed by atoms with van der Waals surface area (Å²) >= 11 is 0. The third-order valence-corrected chi connectivity index (χ3v) is 3.71. The van der Waals surface area contributed by atoms with E-state index in [1.807, 2.05) is 22.8 Å². The summed E-state index contributed by atoms with van der Waals surface area (Å²) in [6, 6.07) is 9.30. The van der Waals surface area contributed by atoms with Crippen LogP contribution in [0.4, 0.5) is 0 Å². The number of H-pyrrole nitrogens is 1. The molecule has 0 radical (unpaired) electrons. The van der Waals surface area contributed by atoms with E-state index in [0.717, 1.165) is 16.7 Å². The first kappa shape index (κ1) is 13.9. The number of nitrogens with two attached hydrogens (primary N) is 2. The molecule has 0 aliphatic heterocycles. The van der Waals surface area contributed by atoms with Gasteiger partial charge in [-0.25, -0.2) is 9.97 Å². The van der Waals surface area contributed by atoms with Crippen LogP contribution >= 0.6 is 0 Å². The highest BCUT2D eigenvalue weighted by Gasteiger charge is 2.18. The molecule has 3 heterocycles. The zero-order valence-electron chi connectivity index (χ0n) is 12.5. The van der Waals surface area contributed by atoms with Crippen LogP contribution < -0.4 is 11.5 Å². The molecule has 0 bridgehead atoms. The highest BCUT2D eigenvalue weighted by molar-refractivity contribution is 6.10. The van der Waals surface area contributed by atoms with Crippen molar-refractivity contribution in [1.29, 1.82) is 0 Å². The monoisotopic (exact) mass is 319 g/mol. The molecule has 5 N–H and O–H groups in total. The smallest absolute Gasteiger partial charge is 0.282 e. The number of amides is 1. The number of aliphatic imine (C=N–C) groups is 1. The lowest BCUT2D eigenvalue weighted by molar-refractivity contribution is 0.100. The summed E-state index contributed by atoms with van der Waals surface area (Å²) in [4.78, 5) is 27.8. The molecule has 0 aliphatic carbocycles. The summed E-state index contributed by atoms with van der Waals surface area (Å²) in [5.74, 6) is -0.792.